The number of hydrogen-bond donors (Lipinski definition) is 2. The smallest absolute Gasteiger partial charge is 0.262 e. The van der Waals surface area contributed by atoms with E-state index in [2.05, 4.69) is 15.3 Å². The molecule has 2 N–H and O–H groups in total. The Morgan fingerprint density at radius 1 is 1.10 bits per heavy atom. The molecule has 0 saturated carbocycles. The molecule has 0 spiro atoms. The Hall–Kier alpha value is -3.02. The second-order valence-electron chi connectivity index (χ2n) is 6.58. The lowest BCUT2D eigenvalue weighted by molar-refractivity contribution is -0.118. The number of nitrogens with zero attached hydrogens (tertiary/aromatic N) is 1. The number of carbonyl (C=O) groups excluding carboxylic acids is 1. The Morgan fingerprint density at radius 2 is 1.90 bits per heavy atom. The summed E-state index contributed by atoms with van der Waals surface area (Å²) in [5, 5.41) is 4.12. The van der Waals surface area contributed by atoms with Gasteiger partial charge in [0.2, 0.25) is 0 Å². The number of halogens is 2. The van der Waals surface area contributed by atoms with Crippen molar-refractivity contribution in [2.45, 2.75) is 6.92 Å². The predicted octanol–water partition coefficient (Wildman–Crippen LogP) is 5.86. The van der Waals surface area contributed by atoms with Crippen LogP contribution in [0.4, 0.5) is 5.69 Å². The molecule has 0 fully saturated rings. The summed E-state index contributed by atoms with van der Waals surface area (Å²) in [4.78, 5) is 20.1. The minimum Gasteiger partial charge on any atom is -0.484 e. The molecule has 1 amide bonds. The van der Waals surface area contributed by atoms with Gasteiger partial charge >= 0.3 is 0 Å². The summed E-state index contributed by atoms with van der Waals surface area (Å²) in [6.07, 6.45) is 0. The van der Waals surface area contributed by atoms with Crippen molar-refractivity contribution in [1.82, 2.24) is 9.97 Å². The van der Waals surface area contributed by atoms with Crippen LogP contribution in [-0.4, -0.2) is 22.5 Å². The molecule has 4 rings (SSSR count). The second-order valence-corrected chi connectivity index (χ2v) is 7.42. The van der Waals surface area contributed by atoms with Crippen molar-refractivity contribution in [2.75, 3.05) is 11.9 Å². The molecule has 0 bridgehead atoms. The van der Waals surface area contributed by atoms with Gasteiger partial charge in [-0.3, -0.25) is 4.79 Å². The largest absolute Gasteiger partial charge is 0.484 e. The third-order valence-electron chi connectivity index (χ3n) is 4.37. The van der Waals surface area contributed by atoms with Crippen LogP contribution in [0.25, 0.3) is 22.4 Å². The highest BCUT2D eigenvalue weighted by atomic mass is 35.5. The van der Waals surface area contributed by atoms with Crippen molar-refractivity contribution in [3.8, 4) is 17.1 Å². The highest BCUT2D eigenvalue weighted by Crippen LogP contribution is 2.26. The van der Waals surface area contributed by atoms with Crippen molar-refractivity contribution in [2.24, 2.45) is 0 Å². The number of imidazole rings is 1. The van der Waals surface area contributed by atoms with Crippen LogP contribution in [0.3, 0.4) is 0 Å². The number of benzene rings is 3. The van der Waals surface area contributed by atoms with Gasteiger partial charge in [0.25, 0.3) is 5.91 Å². The lowest BCUT2D eigenvalue weighted by Gasteiger charge is -2.08. The monoisotopic (exact) mass is 425 g/mol. The average molecular weight is 426 g/mol. The van der Waals surface area contributed by atoms with Crippen molar-refractivity contribution in [3.63, 3.8) is 0 Å². The maximum atomic E-state index is 12.2. The first-order valence-electron chi connectivity index (χ1n) is 8.92. The summed E-state index contributed by atoms with van der Waals surface area (Å²) in [7, 11) is 0. The number of nitrogens with one attached hydrogen (secondary N) is 2. The molecule has 7 heteroatoms. The fourth-order valence-corrected chi connectivity index (χ4v) is 3.18. The van der Waals surface area contributed by atoms with E-state index in [4.69, 9.17) is 27.9 Å². The Kier molecular flexibility index (Phi) is 5.43. The molecule has 0 atom stereocenters. The summed E-state index contributed by atoms with van der Waals surface area (Å²) in [5.41, 5.74) is 4.19. The summed E-state index contributed by atoms with van der Waals surface area (Å²) >= 11 is 12.0. The van der Waals surface area contributed by atoms with Crippen molar-refractivity contribution < 1.29 is 9.53 Å². The highest BCUT2D eigenvalue weighted by molar-refractivity contribution is 6.32. The third kappa shape index (κ3) is 4.53. The molecule has 0 aliphatic carbocycles. The van der Waals surface area contributed by atoms with E-state index in [-0.39, 0.29) is 12.5 Å². The van der Waals surface area contributed by atoms with Gasteiger partial charge in [-0.15, -0.1) is 0 Å². The Balaban J connectivity index is 1.47. The molecule has 0 saturated heterocycles. The van der Waals surface area contributed by atoms with Gasteiger partial charge < -0.3 is 15.0 Å². The zero-order valence-electron chi connectivity index (χ0n) is 15.5. The van der Waals surface area contributed by atoms with Gasteiger partial charge in [0.05, 0.1) is 11.0 Å². The number of aromatic nitrogens is 2. The van der Waals surface area contributed by atoms with Crippen LogP contribution in [0.1, 0.15) is 5.56 Å². The van der Waals surface area contributed by atoms with E-state index in [9.17, 15) is 4.79 Å². The molecule has 1 heterocycles. The van der Waals surface area contributed by atoms with Gasteiger partial charge in [-0.1, -0.05) is 35.3 Å². The summed E-state index contributed by atoms with van der Waals surface area (Å²) in [5.74, 6) is 1.02. The van der Waals surface area contributed by atoms with Gasteiger partial charge in [-0.25, -0.2) is 4.98 Å². The van der Waals surface area contributed by atoms with Gasteiger partial charge in [-0.2, -0.15) is 0 Å². The number of amides is 1. The summed E-state index contributed by atoms with van der Waals surface area (Å²) < 4.78 is 5.47. The van der Waals surface area contributed by atoms with Gasteiger partial charge in [0.1, 0.15) is 11.6 Å². The molecule has 1 aromatic heterocycles. The van der Waals surface area contributed by atoms with Crippen LogP contribution in [0.2, 0.25) is 10.0 Å². The van der Waals surface area contributed by atoms with Crippen molar-refractivity contribution in [3.05, 3.63) is 76.3 Å². The van der Waals surface area contributed by atoms with Gasteiger partial charge in [-0.05, 0) is 61.0 Å². The van der Waals surface area contributed by atoms with E-state index in [0.717, 1.165) is 22.2 Å². The van der Waals surface area contributed by atoms with Crippen LogP contribution < -0.4 is 10.1 Å². The fourth-order valence-electron chi connectivity index (χ4n) is 2.90. The third-order valence-corrected chi connectivity index (χ3v) is 5.02. The van der Waals surface area contributed by atoms with Crippen LogP contribution in [0.15, 0.2) is 60.7 Å². The van der Waals surface area contributed by atoms with Crippen molar-refractivity contribution >= 4 is 45.8 Å². The number of ether oxygens (including phenoxy) is 1. The first-order chi connectivity index (χ1) is 14.0. The SMILES string of the molecule is Cc1cc2[nH]c(-c3cccc(NC(=O)COc4ccc(Cl)cc4)c3)nc2cc1Cl. The minimum atomic E-state index is -0.260. The fraction of sp³-hybridized carbons (Fsp3) is 0.0909. The number of aromatic amines is 1. The molecular weight excluding hydrogens is 409 g/mol. The molecule has 0 aliphatic heterocycles. The van der Waals surface area contributed by atoms with E-state index in [1.807, 2.05) is 43.3 Å². The predicted molar refractivity (Wildman–Crippen MR) is 117 cm³/mol. The Labute approximate surface area is 177 Å². The zero-order chi connectivity index (χ0) is 20.4. The molecule has 0 aliphatic rings. The summed E-state index contributed by atoms with van der Waals surface area (Å²) in [6, 6.07) is 18.1. The molecule has 5 nitrogen and oxygen atoms in total. The van der Waals surface area contributed by atoms with Gasteiger partial charge in [0, 0.05) is 21.3 Å². The number of anilines is 1. The van der Waals surface area contributed by atoms with Crippen LogP contribution in [-0.2, 0) is 4.79 Å². The van der Waals surface area contributed by atoms with E-state index in [1.165, 1.54) is 0 Å². The van der Waals surface area contributed by atoms with Crippen LogP contribution in [0, 0.1) is 6.92 Å². The standard InChI is InChI=1S/C22H17Cl2N3O2/c1-13-9-19-20(11-18(13)24)27-22(26-19)14-3-2-4-16(10-14)25-21(28)12-29-17-7-5-15(23)6-8-17/h2-11H,12H2,1H3,(H,25,28)(H,26,27). The summed E-state index contributed by atoms with van der Waals surface area (Å²) in [6.45, 7) is 1.85. The van der Waals surface area contributed by atoms with Crippen LogP contribution >= 0.6 is 23.2 Å². The second kappa shape index (κ2) is 8.15. The molecule has 3 aromatic carbocycles. The molecule has 4 aromatic rings. The topological polar surface area (TPSA) is 67.0 Å². The number of H-pyrrole nitrogens is 1. The molecule has 0 radical (unpaired) electrons. The average Bonchev–Trinajstić information content (AvgIpc) is 3.11. The van der Waals surface area contributed by atoms with E-state index >= 15 is 0 Å². The first-order valence-corrected chi connectivity index (χ1v) is 9.68. The Morgan fingerprint density at radius 3 is 2.69 bits per heavy atom. The maximum Gasteiger partial charge on any atom is 0.262 e. The van der Waals surface area contributed by atoms with E-state index in [0.29, 0.717) is 27.3 Å². The number of aryl methyl sites for hydroxylation is 1. The quantitative estimate of drug-likeness (QED) is 0.420. The lowest BCUT2D eigenvalue weighted by Crippen LogP contribution is -2.20. The van der Waals surface area contributed by atoms with Gasteiger partial charge in [0.15, 0.2) is 6.61 Å². The van der Waals surface area contributed by atoms with E-state index in [1.54, 1.807) is 24.3 Å². The maximum absolute atomic E-state index is 12.2. The zero-order valence-corrected chi connectivity index (χ0v) is 17.0. The first kappa shape index (κ1) is 19.3. The van der Waals surface area contributed by atoms with E-state index < -0.39 is 0 Å². The number of fused-ring (bicyclic) bond motifs is 1. The van der Waals surface area contributed by atoms with Crippen molar-refractivity contribution in [1.29, 1.82) is 0 Å². The number of rotatable bonds is 5. The lowest BCUT2D eigenvalue weighted by atomic mass is 10.2. The molecular formula is C22H17Cl2N3O2. The highest BCUT2D eigenvalue weighted by Gasteiger charge is 2.10. The molecule has 29 heavy (non-hydrogen) atoms. The molecule has 0 unspecified atom stereocenters. The normalized spacial score (nSPS) is 10.9. The number of carbonyl (C=O) groups is 1. The van der Waals surface area contributed by atoms with Crippen LogP contribution in [0.5, 0.6) is 5.75 Å². The molecule has 146 valence electrons. The number of hydrogen-bond acceptors (Lipinski definition) is 3. The minimum absolute atomic E-state index is 0.103. The Bertz CT molecular complexity index is 1150.